The van der Waals surface area contributed by atoms with Gasteiger partial charge in [-0.05, 0) is 25.0 Å². The topological polar surface area (TPSA) is 95.0 Å². The van der Waals surface area contributed by atoms with Crippen molar-refractivity contribution in [3.8, 4) is 0 Å². The van der Waals surface area contributed by atoms with E-state index < -0.39 is 0 Å². The third-order valence-corrected chi connectivity index (χ3v) is 4.33. The maximum atomic E-state index is 12.4. The molecule has 0 bridgehead atoms. The first kappa shape index (κ1) is 14.7. The second kappa shape index (κ2) is 5.63. The van der Waals surface area contributed by atoms with Gasteiger partial charge in [0.2, 0.25) is 0 Å². The number of hydrogen-bond acceptors (Lipinski definition) is 5. The average Bonchev–Trinajstić information content (AvgIpc) is 3.06. The van der Waals surface area contributed by atoms with Crippen molar-refractivity contribution >= 4 is 17.0 Å². The lowest BCUT2D eigenvalue weighted by Gasteiger charge is -2.14. The molecular formula is C16H17N5O3. The first-order valence-corrected chi connectivity index (χ1v) is 7.91. The lowest BCUT2D eigenvalue weighted by molar-refractivity contribution is 0.0900. The predicted molar refractivity (Wildman–Crippen MR) is 85.7 cm³/mol. The first-order valence-electron chi connectivity index (χ1n) is 7.91. The number of carbonyl (C=O) groups is 1. The highest BCUT2D eigenvalue weighted by Crippen LogP contribution is 2.16. The molecule has 1 N–H and O–H groups in total. The van der Waals surface area contributed by atoms with E-state index in [-0.39, 0.29) is 23.5 Å². The fourth-order valence-corrected chi connectivity index (χ4v) is 3.06. The normalized spacial score (nSPS) is 17.5. The molecule has 1 aliphatic heterocycles. The molecular weight excluding hydrogens is 310 g/mol. The number of nitrogens with one attached hydrogen (secondary N) is 1. The van der Waals surface area contributed by atoms with Crippen molar-refractivity contribution in [1.29, 1.82) is 0 Å². The van der Waals surface area contributed by atoms with Crippen LogP contribution in [0.15, 0.2) is 33.5 Å². The van der Waals surface area contributed by atoms with Crippen LogP contribution in [0.5, 0.6) is 0 Å². The number of aryl methyl sites for hydroxylation is 2. The summed E-state index contributed by atoms with van der Waals surface area (Å²) in [5.74, 6) is 0.499. The van der Waals surface area contributed by atoms with E-state index in [2.05, 4.69) is 15.4 Å². The van der Waals surface area contributed by atoms with E-state index in [9.17, 15) is 9.59 Å². The number of fused-ring (bicyclic) bond motifs is 2. The van der Waals surface area contributed by atoms with E-state index in [4.69, 9.17) is 4.42 Å². The Balaban J connectivity index is 1.48. The van der Waals surface area contributed by atoms with E-state index in [1.165, 1.54) is 4.68 Å². The summed E-state index contributed by atoms with van der Waals surface area (Å²) in [5.41, 5.74) is 1.13. The van der Waals surface area contributed by atoms with Gasteiger partial charge in [-0.1, -0.05) is 12.1 Å². The first-order chi connectivity index (χ1) is 11.6. The average molecular weight is 327 g/mol. The van der Waals surface area contributed by atoms with Crippen molar-refractivity contribution in [3.63, 3.8) is 0 Å². The highest BCUT2D eigenvalue weighted by atomic mass is 16.4. The summed E-state index contributed by atoms with van der Waals surface area (Å²) in [6.07, 6.45) is 2.04. The summed E-state index contributed by atoms with van der Waals surface area (Å²) < 4.78 is 8.52. The van der Waals surface area contributed by atoms with Crippen molar-refractivity contribution in [2.45, 2.75) is 31.8 Å². The van der Waals surface area contributed by atoms with Crippen LogP contribution in [-0.2, 0) is 20.0 Å². The van der Waals surface area contributed by atoms with Crippen molar-refractivity contribution in [1.82, 2.24) is 24.6 Å². The second-order valence-corrected chi connectivity index (χ2v) is 5.96. The van der Waals surface area contributed by atoms with Gasteiger partial charge in [0.15, 0.2) is 5.58 Å². The Morgan fingerprint density at radius 2 is 2.17 bits per heavy atom. The molecule has 1 amide bonds. The summed E-state index contributed by atoms with van der Waals surface area (Å²) in [5, 5.41) is 7.18. The minimum absolute atomic E-state index is 0.0427. The Morgan fingerprint density at radius 1 is 1.33 bits per heavy atom. The molecule has 0 saturated carbocycles. The zero-order valence-electron chi connectivity index (χ0n) is 13.2. The standard InChI is InChI=1S/C16H17N5O3/c1-20-16(23)21-9-8-10(6-7-13(21)19-20)17-14(22)15-18-11-4-2-3-5-12(11)24-15/h2-5,10H,6-9H2,1H3,(H,17,22). The zero-order chi connectivity index (χ0) is 16.7. The number of aromatic nitrogens is 4. The van der Waals surface area contributed by atoms with Gasteiger partial charge in [0.25, 0.3) is 5.89 Å². The van der Waals surface area contributed by atoms with E-state index >= 15 is 0 Å². The van der Waals surface area contributed by atoms with Crippen LogP contribution < -0.4 is 11.0 Å². The SMILES string of the molecule is Cn1nc2n(c1=O)CCC(NC(=O)c1nc3ccccc3o1)CC2. The van der Waals surface area contributed by atoms with Gasteiger partial charge in [-0.25, -0.2) is 14.5 Å². The molecule has 0 aliphatic carbocycles. The molecule has 2 aromatic heterocycles. The highest BCUT2D eigenvalue weighted by molar-refractivity contribution is 5.92. The molecule has 1 aromatic carbocycles. The fraction of sp³-hybridized carbons (Fsp3) is 0.375. The third kappa shape index (κ3) is 2.49. The molecule has 1 atom stereocenters. The van der Waals surface area contributed by atoms with Crippen molar-refractivity contribution in [3.05, 3.63) is 46.5 Å². The van der Waals surface area contributed by atoms with Gasteiger partial charge >= 0.3 is 11.6 Å². The summed E-state index contributed by atoms with van der Waals surface area (Å²) in [7, 11) is 1.65. The second-order valence-electron chi connectivity index (χ2n) is 5.96. The van der Waals surface area contributed by atoms with Crippen LogP contribution in [-0.4, -0.2) is 31.3 Å². The molecule has 4 rings (SSSR count). The van der Waals surface area contributed by atoms with Crippen LogP contribution >= 0.6 is 0 Å². The minimum atomic E-state index is -0.330. The Labute approximate surface area is 137 Å². The number of benzene rings is 1. The van der Waals surface area contributed by atoms with Gasteiger partial charge in [0.1, 0.15) is 11.3 Å². The molecule has 8 nitrogen and oxygen atoms in total. The van der Waals surface area contributed by atoms with E-state index in [0.29, 0.717) is 30.5 Å². The van der Waals surface area contributed by atoms with Crippen LogP contribution in [0.25, 0.3) is 11.1 Å². The zero-order valence-corrected chi connectivity index (χ0v) is 13.2. The molecule has 8 heteroatoms. The van der Waals surface area contributed by atoms with Crippen molar-refractivity contribution in [2.24, 2.45) is 7.05 Å². The van der Waals surface area contributed by atoms with Crippen LogP contribution in [0.1, 0.15) is 29.4 Å². The third-order valence-electron chi connectivity index (χ3n) is 4.33. The molecule has 124 valence electrons. The fourth-order valence-electron chi connectivity index (χ4n) is 3.06. The van der Waals surface area contributed by atoms with E-state index in [0.717, 1.165) is 12.2 Å². The van der Waals surface area contributed by atoms with Gasteiger partial charge in [-0.15, -0.1) is 0 Å². The Bertz CT molecular complexity index is 935. The number of carbonyl (C=O) groups excluding carboxylic acids is 1. The maximum Gasteiger partial charge on any atom is 0.345 e. The molecule has 0 spiro atoms. The van der Waals surface area contributed by atoms with Crippen LogP contribution in [0.4, 0.5) is 0 Å². The van der Waals surface area contributed by atoms with Gasteiger partial charge in [0, 0.05) is 26.1 Å². The number of para-hydroxylation sites is 2. The summed E-state index contributed by atoms with van der Waals surface area (Å²) >= 11 is 0. The lowest BCUT2D eigenvalue weighted by atomic mass is 10.1. The van der Waals surface area contributed by atoms with E-state index in [1.54, 1.807) is 23.7 Å². The predicted octanol–water partition coefficient (Wildman–Crippen LogP) is 0.858. The quantitative estimate of drug-likeness (QED) is 0.753. The molecule has 0 radical (unpaired) electrons. The molecule has 0 fully saturated rings. The van der Waals surface area contributed by atoms with Crippen LogP contribution in [0.2, 0.25) is 0 Å². The number of nitrogens with zero attached hydrogens (tertiary/aromatic N) is 4. The Hall–Kier alpha value is -2.90. The lowest BCUT2D eigenvalue weighted by Crippen LogP contribution is -2.35. The molecule has 3 aromatic rings. The molecule has 1 aliphatic rings. The minimum Gasteiger partial charge on any atom is -0.432 e. The molecule has 1 unspecified atom stereocenters. The number of hydrogen-bond donors (Lipinski definition) is 1. The number of amides is 1. The summed E-state index contributed by atoms with van der Waals surface area (Å²) in [6.45, 7) is 0.542. The van der Waals surface area contributed by atoms with Crippen LogP contribution in [0.3, 0.4) is 0 Å². The number of rotatable bonds is 2. The smallest absolute Gasteiger partial charge is 0.345 e. The Kier molecular flexibility index (Phi) is 3.44. The number of oxazole rings is 1. The van der Waals surface area contributed by atoms with Gasteiger partial charge in [0.05, 0.1) is 0 Å². The molecule has 24 heavy (non-hydrogen) atoms. The van der Waals surface area contributed by atoms with Crippen LogP contribution in [0, 0.1) is 0 Å². The van der Waals surface area contributed by atoms with Gasteiger partial charge in [-0.2, -0.15) is 5.10 Å². The monoisotopic (exact) mass is 327 g/mol. The Morgan fingerprint density at radius 3 is 3.00 bits per heavy atom. The largest absolute Gasteiger partial charge is 0.432 e. The van der Waals surface area contributed by atoms with Crippen molar-refractivity contribution < 1.29 is 9.21 Å². The highest BCUT2D eigenvalue weighted by Gasteiger charge is 2.23. The molecule has 3 heterocycles. The molecule has 0 saturated heterocycles. The maximum absolute atomic E-state index is 12.4. The van der Waals surface area contributed by atoms with Gasteiger partial charge in [-0.3, -0.25) is 9.36 Å². The van der Waals surface area contributed by atoms with Gasteiger partial charge < -0.3 is 9.73 Å². The summed E-state index contributed by atoms with van der Waals surface area (Å²) in [6, 6.07) is 7.22. The summed E-state index contributed by atoms with van der Waals surface area (Å²) in [4.78, 5) is 28.5. The van der Waals surface area contributed by atoms with Crippen molar-refractivity contribution in [2.75, 3.05) is 0 Å². The van der Waals surface area contributed by atoms with E-state index in [1.807, 2.05) is 12.1 Å².